The van der Waals surface area contributed by atoms with Gasteiger partial charge in [0, 0.05) is 29.2 Å². The van der Waals surface area contributed by atoms with Gasteiger partial charge >= 0.3 is 5.97 Å². The fraction of sp³-hybridized carbons (Fsp3) is 0.600. The van der Waals surface area contributed by atoms with Gasteiger partial charge in [-0.15, -0.1) is 0 Å². The summed E-state index contributed by atoms with van der Waals surface area (Å²) in [5.41, 5.74) is -3.02. The zero-order chi connectivity index (χ0) is 34.2. The SMILES string of the molecule is CCC(CC)(CO[Si](C)(C)C(C)(C)C)C[C@@H]1N[C@@H](C(=O)OC(C)(C)C)C(c2cccc(Cl)c2F)C1(C#N)c1ccc(Cl)cc1F. The molecular formula is C35H48Cl2F2N2O3Si. The molecule has 0 spiro atoms. The summed E-state index contributed by atoms with van der Waals surface area (Å²) < 4.78 is 44.7. The highest BCUT2D eigenvalue weighted by atomic mass is 35.5. The van der Waals surface area contributed by atoms with E-state index in [4.69, 9.17) is 32.4 Å². The van der Waals surface area contributed by atoms with Crippen molar-refractivity contribution in [1.29, 1.82) is 5.26 Å². The fourth-order valence-electron chi connectivity index (χ4n) is 6.07. The van der Waals surface area contributed by atoms with Crippen LogP contribution in [-0.2, 0) is 19.4 Å². The minimum Gasteiger partial charge on any atom is -0.459 e. The molecule has 0 bridgehead atoms. The summed E-state index contributed by atoms with van der Waals surface area (Å²) >= 11 is 12.4. The van der Waals surface area contributed by atoms with Gasteiger partial charge in [-0.2, -0.15) is 5.26 Å². The summed E-state index contributed by atoms with van der Waals surface area (Å²) in [7, 11) is -2.16. The molecule has 1 N–H and O–H groups in total. The number of esters is 1. The first-order valence-electron chi connectivity index (χ1n) is 15.6. The average Bonchev–Trinajstić information content (AvgIpc) is 3.25. The third-order valence-electron chi connectivity index (χ3n) is 9.98. The standard InChI is InChI=1S/C35H48Cl2F2N2O3Si/c1-11-34(12-2,21-43-45(9,10)33(6,7)8)19-27-35(20-40,24-17-16-22(36)18-26(24)38)28(23-14-13-15-25(37)29(23)39)30(41-27)31(42)44-32(3,4)5/h13-18,27-28,30,41H,11-12,19,21H2,1-10H3/t27-,28?,30+,35?/m0/s1. The van der Waals surface area contributed by atoms with Gasteiger partial charge in [0.1, 0.15) is 28.7 Å². The molecule has 2 aromatic carbocycles. The van der Waals surface area contributed by atoms with E-state index in [9.17, 15) is 10.1 Å². The number of nitriles is 1. The van der Waals surface area contributed by atoms with Crippen LogP contribution in [0, 0.1) is 28.4 Å². The molecule has 0 radical (unpaired) electrons. The highest BCUT2D eigenvalue weighted by molar-refractivity contribution is 6.74. The first-order valence-corrected chi connectivity index (χ1v) is 19.3. The summed E-state index contributed by atoms with van der Waals surface area (Å²) in [4.78, 5) is 13.9. The molecule has 1 heterocycles. The summed E-state index contributed by atoms with van der Waals surface area (Å²) in [5.74, 6) is -3.35. The predicted molar refractivity (Wildman–Crippen MR) is 180 cm³/mol. The maximum Gasteiger partial charge on any atom is 0.324 e. The van der Waals surface area contributed by atoms with Crippen molar-refractivity contribution in [2.24, 2.45) is 5.41 Å². The van der Waals surface area contributed by atoms with Crippen LogP contribution in [-0.4, -0.2) is 38.6 Å². The van der Waals surface area contributed by atoms with Gasteiger partial charge in [-0.1, -0.05) is 76.0 Å². The fourth-order valence-corrected chi connectivity index (χ4v) is 7.51. The molecule has 4 atom stereocenters. The maximum absolute atomic E-state index is 16.1. The van der Waals surface area contributed by atoms with Crippen LogP contribution in [0.3, 0.4) is 0 Å². The molecule has 0 aromatic heterocycles. The van der Waals surface area contributed by atoms with Crippen molar-refractivity contribution in [1.82, 2.24) is 5.32 Å². The first-order chi connectivity index (χ1) is 20.7. The number of ether oxygens (including phenoxy) is 1. The number of rotatable bonds is 10. The van der Waals surface area contributed by atoms with Crippen molar-refractivity contribution in [3.63, 3.8) is 0 Å². The van der Waals surface area contributed by atoms with E-state index in [2.05, 4.69) is 59.1 Å². The number of nitrogens with one attached hydrogen (secondary N) is 1. The molecule has 248 valence electrons. The van der Waals surface area contributed by atoms with E-state index in [1.165, 1.54) is 24.3 Å². The molecule has 0 aliphatic carbocycles. The first kappa shape index (κ1) is 37.4. The van der Waals surface area contributed by atoms with E-state index in [0.717, 1.165) is 6.07 Å². The lowest BCUT2D eigenvalue weighted by Gasteiger charge is -2.43. The summed E-state index contributed by atoms with van der Waals surface area (Å²) in [5, 5.41) is 14.6. The molecule has 1 aliphatic heterocycles. The molecule has 10 heteroatoms. The van der Waals surface area contributed by atoms with Crippen molar-refractivity contribution < 1.29 is 22.7 Å². The Morgan fingerprint density at radius 2 is 1.69 bits per heavy atom. The normalized spacial score (nSPS) is 22.7. The van der Waals surface area contributed by atoms with Crippen LogP contribution < -0.4 is 5.32 Å². The van der Waals surface area contributed by atoms with Crippen LogP contribution in [0.1, 0.15) is 91.7 Å². The second kappa shape index (κ2) is 13.6. The molecule has 1 fully saturated rings. The zero-order valence-corrected chi connectivity index (χ0v) is 30.7. The van der Waals surface area contributed by atoms with Crippen molar-refractivity contribution in [2.45, 2.75) is 122 Å². The Kier molecular flexibility index (Phi) is 11.3. The highest BCUT2D eigenvalue weighted by Crippen LogP contribution is 2.54. The predicted octanol–water partition coefficient (Wildman–Crippen LogP) is 9.72. The smallest absolute Gasteiger partial charge is 0.324 e. The van der Waals surface area contributed by atoms with Crippen LogP contribution in [0.4, 0.5) is 8.78 Å². The van der Waals surface area contributed by atoms with Crippen LogP contribution in [0.2, 0.25) is 28.2 Å². The Bertz CT molecular complexity index is 1430. The van der Waals surface area contributed by atoms with Gasteiger partial charge in [-0.3, -0.25) is 10.1 Å². The lowest BCUT2D eigenvalue weighted by Crippen LogP contribution is -2.49. The Morgan fingerprint density at radius 3 is 2.20 bits per heavy atom. The minimum atomic E-state index is -2.16. The lowest BCUT2D eigenvalue weighted by atomic mass is 9.61. The molecule has 2 unspecified atom stereocenters. The largest absolute Gasteiger partial charge is 0.459 e. The molecule has 3 rings (SSSR count). The second-order valence-electron chi connectivity index (χ2n) is 14.9. The number of hydrogen-bond donors (Lipinski definition) is 1. The zero-order valence-electron chi connectivity index (χ0n) is 28.2. The van der Waals surface area contributed by atoms with Gasteiger partial charge in [-0.05, 0) is 87.3 Å². The average molecular weight is 682 g/mol. The summed E-state index contributed by atoms with van der Waals surface area (Å²) in [6.07, 6.45) is 1.75. The minimum absolute atomic E-state index is 0.0220. The Labute approximate surface area is 279 Å². The topological polar surface area (TPSA) is 71.3 Å². The Hall–Kier alpha value is -2.02. The number of carbonyl (C=O) groups excluding carboxylic acids is 1. The lowest BCUT2D eigenvalue weighted by molar-refractivity contribution is -0.157. The van der Waals surface area contributed by atoms with E-state index in [1.807, 2.05) is 0 Å². The van der Waals surface area contributed by atoms with Crippen LogP contribution in [0.25, 0.3) is 0 Å². The van der Waals surface area contributed by atoms with E-state index in [-0.39, 0.29) is 26.2 Å². The molecule has 45 heavy (non-hydrogen) atoms. The number of hydrogen-bond acceptors (Lipinski definition) is 5. The monoisotopic (exact) mass is 680 g/mol. The van der Waals surface area contributed by atoms with Crippen molar-refractivity contribution in [3.8, 4) is 6.07 Å². The third kappa shape index (κ3) is 7.60. The molecule has 0 amide bonds. The van der Waals surface area contributed by atoms with Crippen molar-refractivity contribution in [3.05, 3.63) is 69.2 Å². The molecule has 2 aromatic rings. The highest BCUT2D eigenvalue weighted by Gasteiger charge is 2.62. The van der Waals surface area contributed by atoms with E-state index in [0.29, 0.717) is 25.9 Å². The van der Waals surface area contributed by atoms with Crippen LogP contribution in [0.15, 0.2) is 36.4 Å². The quantitative estimate of drug-likeness (QED) is 0.200. The van der Waals surface area contributed by atoms with Gasteiger partial charge in [0.15, 0.2) is 8.32 Å². The van der Waals surface area contributed by atoms with Gasteiger partial charge in [0.25, 0.3) is 0 Å². The van der Waals surface area contributed by atoms with Gasteiger partial charge < -0.3 is 9.16 Å². The van der Waals surface area contributed by atoms with Crippen molar-refractivity contribution >= 4 is 37.5 Å². The van der Waals surface area contributed by atoms with E-state index >= 15 is 8.78 Å². The van der Waals surface area contributed by atoms with Gasteiger partial charge in [-0.25, -0.2) is 8.78 Å². The van der Waals surface area contributed by atoms with E-state index < -0.39 is 60.4 Å². The van der Waals surface area contributed by atoms with Crippen LogP contribution in [0.5, 0.6) is 0 Å². The summed E-state index contributed by atoms with van der Waals surface area (Å²) in [6.45, 7) is 20.7. The Morgan fingerprint density at radius 1 is 1.07 bits per heavy atom. The number of nitrogens with zero attached hydrogens (tertiary/aromatic N) is 1. The summed E-state index contributed by atoms with van der Waals surface area (Å²) in [6, 6.07) is 9.01. The third-order valence-corrected chi connectivity index (χ3v) is 15.0. The second-order valence-corrected chi connectivity index (χ2v) is 20.6. The van der Waals surface area contributed by atoms with E-state index in [1.54, 1.807) is 26.8 Å². The van der Waals surface area contributed by atoms with Crippen molar-refractivity contribution in [2.75, 3.05) is 6.61 Å². The number of benzene rings is 2. The van der Waals surface area contributed by atoms with Gasteiger partial charge in [0.2, 0.25) is 0 Å². The number of halogens is 4. The molecule has 5 nitrogen and oxygen atoms in total. The molecule has 1 saturated heterocycles. The molecule has 0 saturated carbocycles. The molecule has 1 aliphatic rings. The Balaban J connectivity index is 2.33. The van der Waals surface area contributed by atoms with Gasteiger partial charge in [0.05, 0.1) is 11.1 Å². The maximum atomic E-state index is 16.1. The van der Waals surface area contributed by atoms with Crippen LogP contribution >= 0.6 is 23.2 Å². The molecular weight excluding hydrogens is 633 g/mol. The number of carbonyl (C=O) groups is 1.